The third-order valence-corrected chi connectivity index (χ3v) is 6.20. The molecule has 1 aliphatic heterocycles. The third-order valence-electron chi connectivity index (χ3n) is 4.91. The lowest BCUT2D eigenvalue weighted by Crippen LogP contribution is -2.35. The molecule has 1 aliphatic carbocycles. The van der Waals surface area contributed by atoms with Gasteiger partial charge in [-0.15, -0.1) is 0 Å². The molecular formula is C19H23N3OS. The maximum atomic E-state index is 13.1. The Morgan fingerprint density at radius 2 is 1.92 bits per heavy atom. The summed E-state index contributed by atoms with van der Waals surface area (Å²) in [5.74, 6) is 0. The van der Waals surface area contributed by atoms with E-state index in [0.717, 1.165) is 35.1 Å². The van der Waals surface area contributed by atoms with Gasteiger partial charge >= 0.3 is 0 Å². The number of thioether (sulfide) groups is 1. The van der Waals surface area contributed by atoms with Gasteiger partial charge in [0.1, 0.15) is 0 Å². The Kier molecular flexibility index (Phi) is 4.72. The molecular weight excluding hydrogens is 318 g/mol. The Labute approximate surface area is 146 Å². The lowest BCUT2D eigenvalue weighted by Gasteiger charge is -2.24. The van der Waals surface area contributed by atoms with Gasteiger partial charge in [0.25, 0.3) is 5.56 Å². The van der Waals surface area contributed by atoms with Crippen molar-refractivity contribution in [1.29, 1.82) is 0 Å². The van der Waals surface area contributed by atoms with Gasteiger partial charge in [-0.05, 0) is 25.0 Å². The monoisotopic (exact) mass is 341 g/mol. The van der Waals surface area contributed by atoms with E-state index < -0.39 is 0 Å². The first-order valence-corrected chi connectivity index (χ1v) is 9.78. The molecule has 1 saturated carbocycles. The van der Waals surface area contributed by atoms with Crippen molar-refractivity contribution in [2.24, 2.45) is 0 Å². The highest BCUT2D eigenvalue weighted by atomic mass is 32.2. The van der Waals surface area contributed by atoms with Crippen molar-refractivity contribution in [3.63, 3.8) is 0 Å². The van der Waals surface area contributed by atoms with Crippen LogP contribution in [0.15, 0.2) is 40.3 Å². The zero-order valence-electron chi connectivity index (χ0n) is 13.8. The van der Waals surface area contributed by atoms with E-state index in [1.54, 1.807) is 11.8 Å². The zero-order chi connectivity index (χ0) is 16.4. The van der Waals surface area contributed by atoms with Gasteiger partial charge in [-0.2, -0.15) is 0 Å². The summed E-state index contributed by atoms with van der Waals surface area (Å²) in [5, 5.41) is 4.76. The van der Waals surface area contributed by atoms with E-state index >= 15 is 0 Å². The van der Waals surface area contributed by atoms with Crippen LogP contribution in [-0.2, 0) is 13.0 Å². The first kappa shape index (κ1) is 15.9. The first-order chi connectivity index (χ1) is 11.8. The molecule has 2 heterocycles. The average molecular weight is 341 g/mol. The fraction of sp³-hybridized carbons (Fsp3) is 0.474. The van der Waals surface area contributed by atoms with Crippen molar-refractivity contribution in [3.05, 3.63) is 51.9 Å². The quantitative estimate of drug-likeness (QED) is 0.870. The fourth-order valence-electron chi connectivity index (χ4n) is 3.60. The van der Waals surface area contributed by atoms with Crippen LogP contribution in [0.1, 0.15) is 43.4 Å². The standard InChI is InChI=1S/C19H23N3OS/c23-18-16-13-20-12-11-17(16)21-19(24-15-9-5-2-6-10-15)22(18)14-7-3-1-4-8-14/h1,3-4,7-8,15,20H,2,5-6,9-13H2. The molecule has 4 nitrogen and oxygen atoms in total. The maximum absolute atomic E-state index is 13.1. The van der Waals surface area contributed by atoms with E-state index in [0.29, 0.717) is 11.8 Å². The number of hydrogen-bond acceptors (Lipinski definition) is 4. The summed E-state index contributed by atoms with van der Waals surface area (Å²) in [7, 11) is 0. The molecule has 4 rings (SSSR count). The lowest BCUT2D eigenvalue weighted by atomic mass is 10.0. The van der Waals surface area contributed by atoms with Crippen LogP contribution in [0.3, 0.4) is 0 Å². The molecule has 2 aromatic rings. The minimum Gasteiger partial charge on any atom is -0.312 e. The van der Waals surface area contributed by atoms with Crippen LogP contribution in [0.2, 0.25) is 0 Å². The van der Waals surface area contributed by atoms with Crippen molar-refractivity contribution in [3.8, 4) is 5.69 Å². The molecule has 0 radical (unpaired) electrons. The van der Waals surface area contributed by atoms with Crippen molar-refractivity contribution in [1.82, 2.24) is 14.9 Å². The second-order valence-electron chi connectivity index (χ2n) is 6.60. The summed E-state index contributed by atoms with van der Waals surface area (Å²) < 4.78 is 1.82. The Bertz CT molecular complexity index is 766. The largest absolute Gasteiger partial charge is 0.312 e. The van der Waals surface area contributed by atoms with Gasteiger partial charge in [-0.3, -0.25) is 9.36 Å². The SMILES string of the molecule is O=c1c2c(nc(SC3CCCCC3)n1-c1ccccc1)CCNC2. The van der Waals surface area contributed by atoms with Crippen LogP contribution in [0.4, 0.5) is 0 Å². The van der Waals surface area contributed by atoms with Gasteiger partial charge in [0.15, 0.2) is 5.16 Å². The lowest BCUT2D eigenvalue weighted by molar-refractivity contribution is 0.514. The average Bonchev–Trinajstić information content (AvgIpc) is 2.64. The van der Waals surface area contributed by atoms with Gasteiger partial charge in [-0.25, -0.2) is 4.98 Å². The number of benzene rings is 1. The molecule has 0 saturated heterocycles. The predicted octanol–water partition coefficient (Wildman–Crippen LogP) is 3.30. The Morgan fingerprint density at radius 3 is 2.71 bits per heavy atom. The molecule has 1 fully saturated rings. The van der Waals surface area contributed by atoms with Gasteiger partial charge in [0.2, 0.25) is 0 Å². The molecule has 5 heteroatoms. The van der Waals surface area contributed by atoms with Gasteiger partial charge < -0.3 is 5.32 Å². The minimum absolute atomic E-state index is 0.0942. The molecule has 0 unspecified atom stereocenters. The van der Waals surface area contributed by atoms with E-state index in [9.17, 15) is 4.79 Å². The van der Waals surface area contributed by atoms with Crippen LogP contribution in [-0.4, -0.2) is 21.3 Å². The summed E-state index contributed by atoms with van der Waals surface area (Å²) >= 11 is 1.80. The summed E-state index contributed by atoms with van der Waals surface area (Å²) in [5.41, 5.74) is 2.83. The number of fused-ring (bicyclic) bond motifs is 1. The maximum Gasteiger partial charge on any atom is 0.263 e. The van der Waals surface area contributed by atoms with Crippen LogP contribution in [0.25, 0.3) is 5.69 Å². The number of para-hydroxylation sites is 1. The number of hydrogen-bond donors (Lipinski definition) is 1. The summed E-state index contributed by atoms with van der Waals surface area (Å²) in [6, 6.07) is 9.94. The van der Waals surface area contributed by atoms with E-state index in [4.69, 9.17) is 4.98 Å². The van der Waals surface area contributed by atoms with Crippen molar-refractivity contribution < 1.29 is 0 Å². The summed E-state index contributed by atoms with van der Waals surface area (Å²) in [4.78, 5) is 18.1. The van der Waals surface area contributed by atoms with E-state index in [1.807, 2.05) is 34.9 Å². The molecule has 1 aromatic heterocycles. The Balaban J connectivity index is 1.80. The Hall–Kier alpha value is -1.59. The van der Waals surface area contributed by atoms with Crippen molar-refractivity contribution >= 4 is 11.8 Å². The number of nitrogens with zero attached hydrogens (tertiary/aromatic N) is 2. The van der Waals surface area contributed by atoms with Gasteiger partial charge in [0, 0.05) is 24.8 Å². The predicted molar refractivity (Wildman–Crippen MR) is 98.0 cm³/mol. The number of rotatable bonds is 3. The first-order valence-electron chi connectivity index (χ1n) is 8.90. The minimum atomic E-state index is 0.0942. The highest BCUT2D eigenvalue weighted by molar-refractivity contribution is 7.99. The van der Waals surface area contributed by atoms with Crippen LogP contribution < -0.4 is 10.9 Å². The van der Waals surface area contributed by atoms with E-state index in [2.05, 4.69) is 5.32 Å². The second kappa shape index (κ2) is 7.11. The molecule has 0 amide bonds. The molecule has 1 aromatic carbocycles. The van der Waals surface area contributed by atoms with Crippen LogP contribution in [0.5, 0.6) is 0 Å². The normalized spacial score (nSPS) is 18.3. The molecule has 1 N–H and O–H groups in total. The zero-order valence-corrected chi connectivity index (χ0v) is 14.6. The van der Waals surface area contributed by atoms with Gasteiger partial charge in [-0.1, -0.05) is 49.2 Å². The highest BCUT2D eigenvalue weighted by Gasteiger charge is 2.23. The summed E-state index contributed by atoms with van der Waals surface area (Å²) in [6.07, 6.45) is 7.23. The summed E-state index contributed by atoms with van der Waals surface area (Å²) in [6.45, 7) is 1.53. The molecule has 2 aliphatic rings. The third kappa shape index (κ3) is 3.15. The van der Waals surface area contributed by atoms with Crippen LogP contribution in [0, 0.1) is 0 Å². The van der Waals surface area contributed by atoms with Gasteiger partial charge in [0.05, 0.1) is 16.9 Å². The molecule has 24 heavy (non-hydrogen) atoms. The second-order valence-corrected chi connectivity index (χ2v) is 7.87. The smallest absolute Gasteiger partial charge is 0.263 e. The molecule has 126 valence electrons. The van der Waals surface area contributed by atoms with E-state index in [1.165, 1.54) is 32.1 Å². The topological polar surface area (TPSA) is 46.9 Å². The van der Waals surface area contributed by atoms with Crippen LogP contribution >= 0.6 is 11.8 Å². The molecule has 0 atom stereocenters. The van der Waals surface area contributed by atoms with Crippen molar-refractivity contribution in [2.45, 2.75) is 55.5 Å². The Morgan fingerprint density at radius 1 is 1.12 bits per heavy atom. The molecule has 0 spiro atoms. The highest BCUT2D eigenvalue weighted by Crippen LogP contribution is 2.33. The van der Waals surface area contributed by atoms with Crippen molar-refractivity contribution in [2.75, 3.05) is 6.54 Å². The van der Waals surface area contributed by atoms with E-state index in [-0.39, 0.29) is 5.56 Å². The number of nitrogens with one attached hydrogen (secondary N) is 1. The number of aromatic nitrogens is 2. The molecule has 0 bridgehead atoms. The fourth-order valence-corrected chi connectivity index (χ4v) is 4.92.